The number of carbonyl (C=O) groups excluding carboxylic acids is 1. The van der Waals surface area contributed by atoms with Gasteiger partial charge in [-0.15, -0.1) is 0 Å². The number of piperazine rings is 1. The highest BCUT2D eigenvalue weighted by atomic mass is 19.2. The SMILES string of the molecule is CC(c1ccc(F)c(F)c1)N(C)C(=O)CN1CCNCC1c1cccc(F)c1. The number of halogens is 3. The minimum atomic E-state index is -0.932. The molecule has 1 aliphatic rings. The van der Waals surface area contributed by atoms with E-state index in [1.165, 1.54) is 23.1 Å². The van der Waals surface area contributed by atoms with E-state index in [4.69, 9.17) is 0 Å². The van der Waals surface area contributed by atoms with Crippen LogP contribution in [-0.2, 0) is 4.79 Å². The molecule has 7 heteroatoms. The highest BCUT2D eigenvalue weighted by molar-refractivity contribution is 5.78. The van der Waals surface area contributed by atoms with Gasteiger partial charge in [0.2, 0.25) is 5.91 Å². The molecule has 1 N–H and O–H groups in total. The van der Waals surface area contributed by atoms with E-state index in [0.29, 0.717) is 18.7 Å². The number of likely N-dealkylation sites (N-methyl/N-ethyl adjacent to an activating group) is 1. The molecule has 1 saturated heterocycles. The quantitative estimate of drug-likeness (QED) is 0.850. The summed E-state index contributed by atoms with van der Waals surface area (Å²) in [4.78, 5) is 16.4. The molecule has 2 aromatic carbocycles. The Kier molecular flexibility index (Phi) is 6.36. The number of amides is 1. The number of hydrogen-bond donors (Lipinski definition) is 1. The fourth-order valence-corrected chi connectivity index (χ4v) is 3.48. The van der Waals surface area contributed by atoms with Crippen molar-refractivity contribution in [3.8, 4) is 0 Å². The smallest absolute Gasteiger partial charge is 0.237 e. The number of hydrogen-bond acceptors (Lipinski definition) is 3. The van der Waals surface area contributed by atoms with E-state index in [1.54, 1.807) is 20.0 Å². The Balaban J connectivity index is 1.71. The number of carbonyl (C=O) groups is 1. The summed E-state index contributed by atoms with van der Waals surface area (Å²) >= 11 is 0. The number of nitrogens with zero attached hydrogens (tertiary/aromatic N) is 2. The van der Waals surface area contributed by atoms with E-state index in [9.17, 15) is 18.0 Å². The van der Waals surface area contributed by atoms with Crippen LogP contribution in [0.5, 0.6) is 0 Å². The molecular formula is C21H24F3N3O. The highest BCUT2D eigenvalue weighted by Crippen LogP contribution is 2.25. The van der Waals surface area contributed by atoms with Crippen LogP contribution in [0.25, 0.3) is 0 Å². The molecule has 1 fully saturated rings. The summed E-state index contributed by atoms with van der Waals surface area (Å²) in [6, 6.07) is 9.55. The van der Waals surface area contributed by atoms with Gasteiger partial charge in [-0.05, 0) is 42.3 Å². The van der Waals surface area contributed by atoms with Crippen LogP contribution in [-0.4, -0.2) is 48.9 Å². The van der Waals surface area contributed by atoms with Crippen LogP contribution < -0.4 is 5.32 Å². The van der Waals surface area contributed by atoms with Gasteiger partial charge in [0.1, 0.15) is 5.82 Å². The summed E-state index contributed by atoms with van der Waals surface area (Å²) in [5.41, 5.74) is 1.34. The lowest BCUT2D eigenvalue weighted by atomic mass is 10.0. The van der Waals surface area contributed by atoms with Gasteiger partial charge < -0.3 is 10.2 Å². The zero-order chi connectivity index (χ0) is 20.3. The van der Waals surface area contributed by atoms with Gasteiger partial charge in [-0.2, -0.15) is 0 Å². The Labute approximate surface area is 162 Å². The van der Waals surface area contributed by atoms with Crippen LogP contribution >= 0.6 is 0 Å². The molecule has 4 nitrogen and oxygen atoms in total. The largest absolute Gasteiger partial charge is 0.338 e. The van der Waals surface area contributed by atoms with Crippen molar-refractivity contribution >= 4 is 5.91 Å². The molecule has 0 spiro atoms. The summed E-state index contributed by atoms with van der Waals surface area (Å²) < 4.78 is 40.3. The first-order chi connectivity index (χ1) is 13.4. The Morgan fingerprint density at radius 1 is 1.21 bits per heavy atom. The van der Waals surface area contributed by atoms with Crippen LogP contribution in [0.1, 0.15) is 30.1 Å². The predicted octanol–water partition coefficient (Wildman–Crippen LogP) is 3.27. The number of nitrogens with one attached hydrogen (secondary N) is 1. The Morgan fingerprint density at radius 2 is 2.00 bits per heavy atom. The van der Waals surface area contributed by atoms with Gasteiger partial charge in [-0.1, -0.05) is 18.2 Å². The van der Waals surface area contributed by atoms with E-state index >= 15 is 0 Å². The van der Waals surface area contributed by atoms with Crippen LogP contribution in [0, 0.1) is 17.5 Å². The first-order valence-electron chi connectivity index (χ1n) is 9.27. The summed E-state index contributed by atoms with van der Waals surface area (Å²) in [7, 11) is 1.65. The fourth-order valence-electron chi connectivity index (χ4n) is 3.48. The number of rotatable bonds is 5. The number of benzene rings is 2. The zero-order valence-corrected chi connectivity index (χ0v) is 16.0. The van der Waals surface area contributed by atoms with Crippen molar-refractivity contribution in [2.45, 2.75) is 19.0 Å². The lowest BCUT2D eigenvalue weighted by Crippen LogP contribution is -2.50. The maximum atomic E-state index is 13.6. The van der Waals surface area contributed by atoms with Crippen molar-refractivity contribution in [3.05, 3.63) is 71.0 Å². The predicted molar refractivity (Wildman–Crippen MR) is 101 cm³/mol. The first kappa shape index (κ1) is 20.4. The van der Waals surface area contributed by atoms with Gasteiger partial charge in [-0.3, -0.25) is 9.69 Å². The monoisotopic (exact) mass is 391 g/mol. The van der Waals surface area contributed by atoms with E-state index in [0.717, 1.165) is 24.2 Å². The maximum absolute atomic E-state index is 13.6. The lowest BCUT2D eigenvalue weighted by molar-refractivity contribution is -0.133. The van der Waals surface area contributed by atoms with Crippen molar-refractivity contribution in [1.29, 1.82) is 0 Å². The molecule has 150 valence electrons. The maximum Gasteiger partial charge on any atom is 0.237 e. The third-order valence-corrected chi connectivity index (χ3v) is 5.33. The second kappa shape index (κ2) is 8.75. The van der Waals surface area contributed by atoms with E-state index in [2.05, 4.69) is 5.32 Å². The second-order valence-corrected chi connectivity index (χ2v) is 7.10. The molecule has 1 aliphatic heterocycles. The molecule has 0 radical (unpaired) electrons. The molecule has 2 atom stereocenters. The normalized spacial score (nSPS) is 18.7. The minimum Gasteiger partial charge on any atom is -0.338 e. The van der Waals surface area contributed by atoms with Gasteiger partial charge in [-0.25, -0.2) is 13.2 Å². The van der Waals surface area contributed by atoms with Crippen LogP contribution in [0.2, 0.25) is 0 Å². The molecule has 1 amide bonds. The van der Waals surface area contributed by atoms with Gasteiger partial charge in [0, 0.05) is 32.7 Å². The topological polar surface area (TPSA) is 35.6 Å². The Bertz CT molecular complexity index is 845. The fraction of sp³-hybridized carbons (Fsp3) is 0.381. The van der Waals surface area contributed by atoms with Crippen molar-refractivity contribution < 1.29 is 18.0 Å². The molecule has 2 unspecified atom stereocenters. The van der Waals surface area contributed by atoms with Gasteiger partial charge in [0.25, 0.3) is 0 Å². The Hall–Kier alpha value is -2.38. The zero-order valence-electron chi connectivity index (χ0n) is 16.0. The second-order valence-electron chi connectivity index (χ2n) is 7.10. The van der Waals surface area contributed by atoms with Crippen molar-refractivity contribution in [1.82, 2.24) is 15.1 Å². The summed E-state index contributed by atoms with van der Waals surface area (Å²) in [5.74, 6) is -2.29. The van der Waals surface area contributed by atoms with Gasteiger partial charge in [0.15, 0.2) is 11.6 Å². The molecule has 28 heavy (non-hydrogen) atoms. The highest BCUT2D eigenvalue weighted by Gasteiger charge is 2.28. The first-order valence-corrected chi connectivity index (χ1v) is 9.27. The average molecular weight is 391 g/mol. The summed E-state index contributed by atoms with van der Waals surface area (Å²) in [6.45, 7) is 3.95. The molecule has 0 aliphatic carbocycles. The van der Waals surface area contributed by atoms with Crippen LogP contribution in [0.3, 0.4) is 0 Å². The van der Waals surface area contributed by atoms with Crippen molar-refractivity contribution in [2.24, 2.45) is 0 Å². The summed E-state index contributed by atoms with van der Waals surface area (Å²) in [5, 5.41) is 3.28. The molecule has 2 aromatic rings. The molecule has 0 aromatic heterocycles. The van der Waals surface area contributed by atoms with E-state index in [1.807, 2.05) is 11.0 Å². The standard InChI is InChI=1S/C21H24F3N3O/c1-14(15-6-7-18(23)19(24)11-15)26(2)21(28)13-27-9-8-25-12-20(27)16-4-3-5-17(22)10-16/h3-7,10-11,14,20,25H,8-9,12-13H2,1-2H3. The van der Waals surface area contributed by atoms with E-state index in [-0.39, 0.29) is 24.3 Å². The van der Waals surface area contributed by atoms with Crippen molar-refractivity contribution in [3.63, 3.8) is 0 Å². The van der Waals surface area contributed by atoms with Gasteiger partial charge >= 0.3 is 0 Å². The summed E-state index contributed by atoms with van der Waals surface area (Å²) in [6.07, 6.45) is 0. The van der Waals surface area contributed by atoms with Crippen molar-refractivity contribution in [2.75, 3.05) is 33.2 Å². The average Bonchev–Trinajstić information content (AvgIpc) is 2.69. The van der Waals surface area contributed by atoms with Crippen LogP contribution in [0.4, 0.5) is 13.2 Å². The molecule has 0 bridgehead atoms. The Morgan fingerprint density at radius 3 is 2.71 bits per heavy atom. The van der Waals surface area contributed by atoms with E-state index < -0.39 is 17.7 Å². The third-order valence-electron chi connectivity index (χ3n) is 5.33. The third kappa shape index (κ3) is 4.54. The molecule has 3 rings (SSSR count). The minimum absolute atomic E-state index is 0.111. The molecular weight excluding hydrogens is 367 g/mol. The lowest BCUT2D eigenvalue weighted by Gasteiger charge is -2.37. The van der Waals surface area contributed by atoms with Crippen LogP contribution in [0.15, 0.2) is 42.5 Å². The van der Waals surface area contributed by atoms with Gasteiger partial charge in [0.05, 0.1) is 12.6 Å². The molecule has 1 heterocycles. The molecule has 0 saturated carbocycles.